The number of aromatic amines is 1. The molecule has 2 fully saturated rings. The lowest BCUT2D eigenvalue weighted by molar-refractivity contribution is -0.193. The van der Waals surface area contributed by atoms with Crippen LogP contribution in [0.5, 0.6) is 5.88 Å². The summed E-state index contributed by atoms with van der Waals surface area (Å²) in [6.45, 7) is 2.60. The number of H-pyrrole nitrogens is 1. The molecule has 1 saturated heterocycles. The molecular weight excluding hydrogens is 777 g/mol. The molecule has 1 atom stereocenters. The monoisotopic (exact) mass is 809 g/mol. The fourth-order valence-electron chi connectivity index (χ4n) is 5.93. The number of alkyl halides is 9. The first-order valence-corrected chi connectivity index (χ1v) is 16.4. The predicted molar refractivity (Wildman–Crippen MR) is 171 cm³/mol. The van der Waals surface area contributed by atoms with E-state index < -0.39 is 47.7 Å². The third kappa shape index (κ3) is 10.6. The van der Waals surface area contributed by atoms with Crippen LogP contribution in [-0.2, 0) is 21.3 Å². The van der Waals surface area contributed by atoms with Crippen LogP contribution < -0.4 is 4.74 Å². The van der Waals surface area contributed by atoms with Gasteiger partial charge >= 0.3 is 30.5 Å². The Morgan fingerprint density at radius 3 is 2.16 bits per heavy atom. The van der Waals surface area contributed by atoms with E-state index in [1.165, 1.54) is 12.4 Å². The van der Waals surface area contributed by atoms with Gasteiger partial charge in [-0.05, 0) is 31.7 Å². The number of hydrogen-bond donors (Lipinski definition) is 4. The van der Waals surface area contributed by atoms with Crippen LogP contribution >= 0.6 is 0 Å². The summed E-state index contributed by atoms with van der Waals surface area (Å²) in [5, 5.41) is 38.8. The highest BCUT2D eigenvalue weighted by molar-refractivity contribution is 5.90. The molecule has 5 heterocycles. The molecular formula is C32H32F9N9O6. The molecule has 1 aliphatic heterocycles. The Morgan fingerprint density at radius 1 is 1.02 bits per heavy atom. The van der Waals surface area contributed by atoms with Gasteiger partial charge in [0.15, 0.2) is 0 Å². The van der Waals surface area contributed by atoms with Crippen LogP contribution in [0.25, 0.3) is 22.3 Å². The van der Waals surface area contributed by atoms with Crippen LogP contribution in [0.1, 0.15) is 56.5 Å². The second-order valence-corrected chi connectivity index (χ2v) is 12.8. The van der Waals surface area contributed by atoms with Gasteiger partial charge in [-0.2, -0.15) is 54.9 Å². The zero-order chi connectivity index (χ0) is 41.6. The molecule has 2 aliphatic rings. The van der Waals surface area contributed by atoms with E-state index in [0.29, 0.717) is 32.4 Å². The minimum absolute atomic E-state index is 0.0944. The Morgan fingerprint density at radius 2 is 1.62 bits per heavy atom. The number of rotatable bonds is 8. The summed E-state index contributed by atoms with van der Waals surface area (Å²) in [5.74, 6) is -7.48. The van der Waals surface area contributed by atoms with Crippen LogP contribution in [0.4, 0.5) is 39.5 Å². The maximum absolute atomic E-state index is 13.4. The number of aliphatic hydroxyl groups excluding tert-OH is 1. The molecule has 1 aliphatic carbocycles. The van der Waals surface area contributed by atoms with Crippen LogP contribution in [-0.4, -0.2) is 111 Å². The van der Waals surface area contributed by atoms with Gasteiger partial charge in [-0.1, -0.05) is 6.92 Å². The standard InChI is InChI=1S/C28H30F3N9O2.2C2HF3O2/c1-17(13-41)22-10-23(38-26(37-22)28(29,30)31)42-20-4-2-19(3-5-20)39-14-27(15-39,7-8-32)40-12-18(11-36-40)24-21-6-9-33-25(21)35-16-34-24;2*3-2(4,5)1(6)7/h6,9-12,16-17,19-20,41H,2-5,7,13-15H2,1H3,(H,33,34,35);2*(H,6,7)/t17?,19-,20+;;. The van der Waals surface area contributed by atoms with Gasteiger partial charge in [0.05, 0.1) is 36.7 Å². The second kappa shape index (κ2) is 17.1. The van der Waals surface area contributed by atoms with Crippen molar-refractivity contribution < 1.29 is 69.2 Å². The second-order valence-electron chi connectivity index (χ2n) is 12.8. The Balaban J connectivity index is 0.000000425. The fourth-order valence-corrected chi connectivity index (χ4v) is 5.93. The van der Waals surface area contributed by atoms with E-state index in [1.54, 1.807) is 13.1 Å². The van der Waals surface area contributed by atoms with E-state index in [-0.39, 0.29) is 30.3 Å². The third-order valence-corrected chi connectivity index (χ3v) is 8.79. The molecule has 6 rings (SSSR count). The smallest absolute Gasteiger partial charge is 0.475 e. The summed E-state index contributed by atoms with van der Waals surface area (Å²) in [6, 6.07) is 5.91. The van der Waals surface area contributed by atoms with E-state index in [4.69, 9.17) is 24.5 Å². The molecule has 0 amide bonds. The number of carboxylic acid groups (broad SMARTS) is 2. The highest BCUT2D eigenvalue weighted by atomic mass is 19.4. The number of nitrogens with zero attached hydrogens (tertiary/aromatic N) is 8. The predicted octanol–water partition coefficient (Wildman–Crippen LogP) is 5.31. The largest absolute Gasteiger partial charge is 0.490 e. The molecule has 24 heteroatoms. The Labute approximate surface area is 309 Å². The van der Waals surface area contributed by atoms with E-state index >= 15 is 0 Å². The van der Waals surface area contributed by atoms with Crippen molar-refractivity contribution in [3.8, 4) is 23.2 Å². The van der Waals surface area contributed by atoms with Crippen molar-refractivity contribution in [2.75, 3.05) is 19.7 Å². The van der Waals surface area contributed by atoms with Crippen molar-refractivity contribution in [1.29, 1.82) is 5.26 Å². The summed E-state index contributed by atoms with van der Waals surface area (Å²) in [6.07, 6.45) is -4.87. The van der Waals surface area contributed by atoms with Crippen LogP contribution in [0.15, 0.2) is 37.1 Å². The molecule has 0 bridgehead atoms. The first kappa shape index (κ1) is 43.2. The summed E-state index contributed by atoms with van der Waals surface area (Å²) in [7, 11) is 0. The van der Waals surface area contributed by atoms with Crippen LogP contribution in [0.2, 0.25) is 0 Å². The number of nitriles is 1. The van der Waals surface area contributed by atoms with Crippen molar-refractivity contribution in [2.24, 2.45) is 0 Å². The third-order valence-electron chi connectivity index (χ3n) is 8.79. The highest BCUT2D eigenvalue weighted by Gasteiger charge is 2.48. The van der Waals surface area contributed by atoms with Crippen LogP contribution in [0, 0.1) is 11.3 Å². The van der Waals surface area contributed by atoms with Gasteiger partial charge < -0.3 is 25.0 Å². The Bertz CT molecular complexity index is 1990. The van der Waals surface area contributed by atoms with E-state index in [2.05, 4.69) is 41.0 Å². The average Bonchev–Trinajstić information content (AvgIpc) is 3.80. The summed E-state index contributed by atoms with van der Waals surface area (Å²) < 4.78 is 111. The normalized spacial score (nSPS) is 19.0. The molecule has 0 radical (unpaired) electrons. The number of fused-ring (bicyclic) bond motifs is 1. The SMILES string of the molecule is CC(CO)c1cc(O[C@H]2CC[C@@H](N3CC(CC#N)(n4cc(-c5ncnc6[nH]ccc56)cn4)C3)CC2)nc(C(F)(F)F)n1.O=C(O)C(F)(F)F.O=C(O)C(F)(F)F. The van der Waals surface area contributed by atoms with Gasteiger partial charge in [-0.25, -0.2) is 24.5 Å². The van der Waals surface area contributed by atoms with Crippen molar-refractivity contribution in [3.63, 3.8) is 0 Å². The number of ether oxygens (including phenoxy) is 1. The molecule has 0 spiro atoms. The van der Waals surface area contributed by atoms with E-state index in [1.807, 2.05) is 23.1 Å². The minimum atomic E-state index is -5.08. The quantitative estimate of drug-likeness (QED) is 0.166. The summed E-state index contributed by atoms with van der Waals surface area (Å²) in [5.41, 5.74) is 2.02. The summed E-state index contributed by atoms with van der Waals surface area (Å²) >= 11 is 0. The number of aliphatic hydroxyl groups is 1. The van der Waals surface area contributed by atoms with Crippen molar-refractivity contribution >= 4 is 23.0 Å². The Kier molecular flexibility index (Phi) is 13.2. The number of halogens is 9. The van der Waals surface area contributed by atoms with E-state index in [0.717, 1.165) is 35.1 Å². The lowest BCUT2D eigenvalue weighted by Crippen LogP contribution is -2.65. The number of aromatic nitrogens is 7. The number of hydrogen-bond acceptors (Lipinski definition) is 11. The zero-order valence-corrected chi connectivity index (χ0v) is 28.9. The Hall–Kier alpha value is -5.57. The lowest BCUT2D eigenvalue weighted by Gasteiger charge is -2.53. The summed E-state index contributed by atoms with van der Waals surface area (Å²) in [4.78, 5) is 39.1. The molecule has 4 aromatic heterocycles. The maximum Gasteiger partial charge on any atom is 0.490 e. The highest BCUT2D eigenvalue weighted by Crippen LogP contribution is 2.39. The van der Waals surface area contributed by atoms with Crippen molar-refractivity contribution in [3.05, 3.63) is 48.6 Å². The lowest BCUT2D eigenvalue weighted by atomic mass is 9.82. The molecule has 304 valence electrons. The molecule has 4 aromatic rings. The number of nitrogens with one attached hydrogen (secondary N) is 1. The van der Waals surface area contributed by atoms with Gasteiger partial charge in [-0.15, -0.1) is 0 Å². The molecule has 4 N–H and O–H groups in total. The minimum Gasteiger partial charge on any atom is -0.475 e. The molecule has 1 saturated carbocycles. The number of likely N-dealkylation sites (tertiary alicyclic amines) is 1. The first-order valence-electron chi connectivity index (χ1n) is 16.4. The van der Waals surface area contributed by atoms with Gasteiger partial charge in [0, 0.05) is 54.5 Å². The van der Waals surface area contributed by atoms with Crippen LogP contribution in [0.3, 0.4) is 0 Å². The average molecular weight is 810 g/mol. The van der Waals surface area contributed by atoms with Crippen molar-refractivity contribution in [1.82, 2.24) is 39.6 Å². The molecule has 1 unspecified atom stereocenters. The first-order chi connectivity index (χ1) is 26.1. The van der Waals surface area contributed by atoms with Crippen molar-refractivity contribution in [2.45, 2.75) is 81.2 Å². The topological polar surface area (TPSA) is 216 Å². The zero-order valence-electron chi connectivity index (χ0n) is 28.9. The van der Waals surface area contributed by atoms with Gasteiger partial charge in [0.25, 0.3) is 0 Å². The van der Waals surface area contributed by atoms with E-state index in [9.17, 15) is 49.9 Å². The fraction of sp³-hybridized carbons (Fsp3) is 0.500. The number of aliphatic carboxylic acids is 2. The number of carbonyl (C=O) groups is 2. The molecule has 0 aromatic carbocycles. The van der Waals surface area contributed by atoms with Gasteiger partial charge in [-0.3, -0.25) is 9.58 Å². The molecule has 56 heavy (non-hydrogen) atoms. The van der Waals surface area contributed by atoms with Gasteiger partial charge in [0.1, 0.15) is 23.6 Å². The maximum atomic E-state index is 13.4. The molecule has 15 nitrogen and oxygen atoms in total. The van der Waals surface area contributed by atoms with Gasteiger partial charge in [0.2, 0.25) is 11.7 Å². The number of carboxylic acids is 2.